The van der Waals surface area contributed by atoms with Crippen molar-refractivity contribution in [2.75, 3.05) is 0 Å². The molecule has 0 saturated heterocycles. The summed E-state index contributed by atoms with van der Waals surface area (Å²) in [5.41, 5.74) is 6.00. The summed E-state index contributed by atoms with van der Waals surface area (Å²) in [6, 6.07) is 5.48. The second kappa shape index (κ2) is 3.32. The highest BCUT2D eigenvalue weighted by Gasteiger charge is 2.07. The minimum atomic E-state index is 0.274. The summed E-state index contributed by atoms with van der Waals surface area (Å²) in [4.78, 5) is 8.09. The molecule has 0 saturated carbocycles. The Morgan fingerprint density at radius 1 is 1.38 bits per heavy atom. The summed E-state index contributed by atoms with van der Waals surface area (Å²) in [6.07, 6.45) is 1.67. The van der Waals surface area contributed by atoms with Gasteiger partial charge in [-0.3, -0.25) is 4.98 Å². The molecule has 0 aliphatic carbocycles. The van der Waals surface area contributed by atoms with Gasteiger partial charge in [0.25, 0.3) is 5.89 Å². The molecule has 0 aromatic carbocycles. The predicted octanol–water partition coefficient (Wildman–Crippen LogP) is 0.590. The fourth-order valence-electron chi connectivity index (χ4n) is 0.930. The highest BCUT2D eigenvalue weighted by molar-refractivity contribution is 5.45. The van der Waals surface area contributed by atoms with Crippen LogP contribution >= 0.6 is 0 Å². The van der Waals surface area contributed by atoms with Gasteiger partial charge in [-0.25, -0.2) is 0 Å². The standard InChI is InChI=1S/C8H8N4O/c9-5-7-11-8(13-12-7)6-3-1-2-4-10-6/h1-4H,5,9H2. The summed E-state index contributed by atoms with van der Waals surface area (Å²) < 4.78 is 4.94. The second-order valence-corrected chi connectivity index (χ2v) is 2.43. The third-order valence-electron chi connectivity index (χ3n) is 1.53. The van der Waals surface area contributed by atoms with Gasteiger partial charge in [-0.2, -0.15) is 4.98 Å². The topological polar surface area (TPSA) is 77.8 Å². The van der Waals surface area contributed by atoms with Gasteiger partial charge in [0.1, 0.15) is 5.69 Å². The average Bonchev–Trinajstić information content (AvgIpc) is 2.67. The molecule has 0 unspecified atom stereocenters. The molecule has 66 valence electrons. The van der Waals surface area contributed by atoms with Crippen LogP contribution in [0.3, 0.4) is 0 Å². The number of aromatic nitrogens is 3. The van der Waals surface area contributed by atoms with Gasteiger partial charge in [0.15, 0.2) is 5.82 Å². The summed E-state index contributed by atoms with van der Waals surface area (Å²) in [5, 5.41) is 3.66. The van der Waals surface area contributed by atoms with Crippen molar-refractivity contribution in [2.45, 2.75) is 6.54 Å². The molecule has 0 spiro atoms. The van der Waals surface area contributed by atoms with Crippen LogP contribution < -0.4 is 5.73 Å². The Labute approximate surface area is 74.6 Å². The van der Waals surface area contributed by atoms with Crippen LogP contribution in [-0.4, -0.2) is 15.1 Å². The van der Waals surface area contributed by atoms with Crippen molar-refractivity contribution >= 4 is 0 Å². The fraction of sp³-hybridized carbons (Fsp3) is 0.125. The molecule has 2 rings (SSSR count). The number of pyridine rings is 1. The first kappa shape index (κ1) is 7.88. The zero-order valence-electron chi connectivity index (χ0n) is 6.84. The molecule has 2 heterocycles. The number of hydrogen-bond donors (Lipinski definition) is 1. The third kappa shape index (κ3) is 1.54. The van der Waals surface area contributed by atoms with Gasteiger partial charge >= 0.3 is 0 Å². The van der Waals surface area contributed by atoms with E-state index < -0.39 is 0 Å². The van der Waals surface area contributed by atoms with Gasteiger partial charge in [0.2, 0.25) is 0 Å². The molecule has 2 aromatic heterocycles. The molecular weight excluding hydrogens is 168 g/mol. The lowest BCUT2D eigenvalue weighted by molar-refractivity contribution is 0.421. The average molecular weight is 176 g/mol. The Kier molecular flexibility index (Phi) is 2.01. The van der Waals surface area contributed by atoms with E-state index in [1.165, 1.54) is 0 Å². The Morgan fingerprint density at radius 3 is 2.92 bits per heavy atom. The fourth-order valence-corrected chi connectivity index (χ4v) is 0.930. The first-order valence-corrected chi connectivity index (χ1v) is 3.84. The maximum absolute atomic E-state index is 5.34. The lowest BCUT2D eigenvalue weighted by Crippen LogP contribution is -1.97. The van der Waals surface area contributed by atoms with Gasteiger partial charge < -0.3 is 10.3 Å². The SMILES string of the molecule is NCc1noc(-c2ccccn2)n1. The van der Waals surface area contributed by atoms with Gasteiger partial charge in [-0.15, -0.1) is 0 Å². The van der Waals surface area contributed by atoms with E-state index in [0.29, 0.717) is 17.4 Å². The van der Waals surface area contributed by atoms with Crippen LogP contribution in [0.5, 0.6) is 0 Å². The molecule has 0 amide bonds. The van der Waals surface area contributed by atoms with Crippen LogP contribution in [-0.2, 0) is 6.54 Å². The molecule has 0 radical (unpaired) electrons. The number of rotatable bonds is 2. The second-order valence-electron chi connectivity index (χ2n) is 2.43. The van der Waals surface area contributed by atoms with Gasteiger partial charge in [-0.05, 0) is 12.1 Å². The maximum Gasteiger partial charge on any atom is 0.276 e. The minimum absolute atomic E-state index is 0.274. The van der Waals surface area contributed by atoms with Crippen molar-refractivity contribution in [1.82, 2.24) is 15.1 Å². The lowest BCUT2D eigenvalue weighted by atomic mass is 10.3. The summed E-state index contributed by atoms with van der Waals surface area (Å²) in [7, 11) is 0. The molecule has 0 bridgehead atoms. The van der Waals surface area contributed by atoms with Crippen molar-refractivity contribution in [3.63, 3.8) is 0 Å². The van der Waals surface area contributed by atoms with Crippen LogP contribution in [0.1, 0.15) is 5.82 Å². The molecule has 13 heavy (non-hydrogen) atoms. The number of nitrogens with zero attached hydrogens (tertiary/aromatic N) is 3. The van der Waals surface area contributed by atoms with Crippen LogP contribution in [0.15, 0.2) is 28.9 Å². The van der Waals surface area contributed by atoms with E-state index in [9.17, 15) is 0 Å². The van der Waals surface area contributed by atoms with Gasteiger partial charge in [-0.1, -0.05) is 11.2 Å². The van der Waals surface area contributed by atoms with E-state index in [1.807, 2.05) is 12.1 Å². The molecule has 2 aromatic rings. The van der Waals surface area contributed by atoms with Crippen molar-refractivity contribution < 1.29 is 4.52 Å². The third-order valence-corrected chi connectivity index (χ3v) is 1.53. The normalized spacial score (nSPS) is 10.2. The molecule has 0 aliphatic rings. The summed E-state index contributed by atoms with van der Waals surface area (Å²) in [6.45, 7) is 0.274. The maximum atomic E-state index is 5.34. The van der Waals surface area contributed by atoms with E-state index in [1.54, 1.807) is 12.3 Å². The summed E-state index contributed by atoms with van der Waals surface area (Å²) >= 11 is 0. The Hall–Kier alpha value is -1.75. The zero-order valence-corrected chi connectivity index (χ0v) is 6.84. The van der Waals surface area contributed by atoms with Gasteiger partial charge in [0, 0.05) is 6.20 Å². The Bertz CT molecular complexity index is 384. The van der Waals surface area contributed by atoms with Crippen LogP contribution in [0.4, 0.5) is 0 Å². The van der Waals surface area contributed by atoms with E-state index in [4.69, 9.17) is 10.3 Å². The molecule has 0 atom stereocenters. The summed E-state index contributed by atoms with van der Waals surface area (Å²) in [5.74, 6) is 0.890. The minimum Gasteiger partial charge on any atom is -0.332 e. The molecule has 5 nitrogen and oxygen atoms in total. The number of nitrogens with two attached hydrogens (primary N) is 1. The quantitative estimate of drug-likeness (QED) is 0.724. The van der Waals surface area contributed by atoms with Crippen molar-refractivity contribution in [2.24, 2.45) is 5.73 Å². The van der Waals surface area contributed by atoms with E-state index in [2.05, 4.69) is 15.1 Å². The first-order chi connectivity index (χ1) is 6.40. The molecule has 5 heteroatoms. The molecule has 2 N–H and O–H groups in total. The lowest BCUT2D eigenvalue weighted by Gasteiger charge is -1.88. The molecule has 0 fully saturated rings. The first-order valence-electron chi connectivity index (χ1n) is 3.84. The van der Waals surface area contributed by atoms with Crippen molar-refractivity contribution in [1.29, 1.82) is 0 Å². The highest BCUT2D eigenvalue weighted by atomic mass is 16.5. The smallest absolute Gasteiger partial charge is 0.276 e. The Balaban J connectivity index is 2.36. The van der Waals surface area contributed by atoms with Gasteiger partial charge in [0.05, 0.1) is 6.54 Å². The monoisotopic (exact) mass is 176 g/mol. The predicted molar refractivity (Wildman–Crippen MR) is 45.4 cm³/mol. The van der Waals surface area contributed by atoms with E-state index in [-0.39, 0.29) is 6.54 Å². The van der Waals surface area contributed by atoms with E-state index in [0.717, 1.165) is 0 Å². The largest absolute Gasteiger partial charge is 0.332 e. The highest BCUT2D eigenvalue weighted by Crippen LogP contribution is 2.12. The molecule has 0 aliphatic heterocycles. The van der Waals surface area contributed by atoms with Crippen molar-refractivity contribution in [3.05, 3.63) is 30.2 Å². The van der Waals surface area contributed by atoms with E-state index >= 15 is 0 Å². The van der Waals surface area contributed by atoms with Crippen LogP contribution in [0.2, 0.25) is 0 Å². The van der Waals surface area contributed by atoms with Crippen molar-refractivity contribution in [3.8, 4) is 11.6 Å². The van der Waals surface area contributed by atoms with Crippen LogP contribution in [0, 0.1) is 0 Å². The Morgan fingerprint density at radius 2 is 2.31 bits per heavy atom. The number of hydrogen-bond acceptors (Lipinski definition) is 5. The zero-order chi connectivity index (χ0) is 9.10. The van der Waals surface area contributed by atoms with Crippen LogP contribution in [0.25, 0.3) is 11.6 Å². The molecular formula is C8H8N4O.